The van der Waals surface area contributed by atoms with Gasteiger partial charge in [-0.3, -0.25) is 4.79 Å². The van der Waals surface area contributed by atoms with E-state index in [0.717, 1.165) is 11.1 Å². The second-order valence-electron chi connectivity index (χ2n) is 3.98. The van der Waals surface area contributed by atoms with E-state index < -0.39 is 0 Å². The van der Waals surface area contributed by atoms with Crippen molar-refractivity contribution in [2.24, 2.45) is 0 Å². The normalized spacial score (nSPS) is 9.26. The number of nitrogens with one attached hydrogen (secondary N) is 1. The summed E-state index contributed by atoms with van der Waals surface area (Å²) in [5.74, 6) is 0.467. The highest BCUT2D eigenvalue weighted by Crippen LogP contribution is 2.20. The molecule has 100 valence electrons. The largest absolute Gasteiger partial charge is 0.311 e. The number of anilines is 1. The van der Waals surface area contributed by atoms with Gasteiger partial charge in [0.25, 0.3) is 0 Å². The standard InChI is InChI=1S/C14H14N2O.C2H6/c1-10-4-3-5-12(8-10)13-6-7-14(15-9-13)16-11(2)17;1-2/h3-9H,1-2H3,(H,15,16,17);1-2H3. The number of amides is 1. The SMILES string of the molecule is CC.CC(=O)Nc1ccc(-c2cccc(C)c2)cn1. The van der Waals surface area contributed by atoms with E-state index >= 15 is 0 Å². The van der Waals surface area contributed by atoms with Crippen molar-refractivity contribution in [3.8, 4) is 11.1 Å². The number of carbonyl (C=O) groups is 1. The molecule has 0 spiro atoms. The molecule has 0 fully saturated rings. The Morgan fingerprint density at radius 3 is 2.37 bits per heavy atom. The molecule has 0 atom stereocenters. The molecule has 0 saturated carbocycles. The predicted molar refractivity (Wildman–Crippen MR) is 80.1 cm³/mol. The van der Waals surface area contributed by atoms with Crippen molar-refractivity contribution < 1.29 is 4.79 Å². The van der Waals surface area contributed by atoms with E-state index in [1.807, 2.05) is 32.0 Å². The van der Waals surface area contributed by atoms with Gasteiger partial charge in [-0.25, -0.2) is 4.98 Å². The lowest BCUT2D eigenvalue weighted by Crippen LogP contribution is -2.06. The molecule has 1 N–H and O–H groups in total. The van der Waals surface area contributed by atoms with Crippen LogP contribution in [0.25, 0.3) is 11.1 Å². The fraction of sp³-hybridized carbons (Fsp3) is 0.250. The van der Waals surface area contributed by atoms with E-state index in [-0.39, 0.29) is 5.91 Å². The van der Waals surface area contributed by atoms with Gasteiger partial charge < -0.3 is 5.32 Å². The first-order valence-corrected chi connectivity index (χ1v) is 6.46. The van der Waals surface area contributed by atoms with Gasteiger partial charge in [-0.2, -0.15) is 0 Å². The van der Waals surface area contributed by atoms with Crippen LogP contribution in [0, 0.1) is 6.92 Å². The lowest BCUT2D eigenvalue weighted by Gasteiger charge is -2.04. The van der Waals surface area contributed by atoms with Crippen LogP contribution in [0.1, 0.15) is 26.3 Å². The average Bonchev–Trinajstić information content (AvgIpc) is 2.41. The van der Waals surface area contributed by atoms with Gasteiger partial charge in [-0.15, -0.1) is 0 Å². The van der Waals surface area contributed by atoms with Crippen LogP contribution >= 0.6 is 0 Å². The number of benzene rings is 1. The summed E-state index contributed by atoms with van der Waals surface area (Å²) in [4.78, 5) is 15.1. The summed E-state index contributed by atoms with van der Waals surface area (Å²) in [6.07, 6.45) is 1.76. The van der Waals surface area contributed by atoms with Crippen molar-refractivity contribution in [2.75, 3.05) is 5.32 Å². The molecule has 0 radical (unpaired) electrons. The highest BCUT2D eigenvalue weighted by molar-refractivity contribution is 5.87. The molecule has 19 heavy (non-hydrogen) atoms. The molecule has 3 nitrogen and oxygen atoms in total. The second kappa shape index (κ2) is 7.31. The molecule has 0 aliphatic carbocycles. The predicted octanol–water partition coefficient (Wildman–Crippen LogP) is 4.04. The van der Waals surface area contributed by atoms with Gasteiger partial charge in [0.2, 0.25) is 5.91 Å². The molecule has 1 amide bonds. The van der Waals surface area contributed by atoms with Gasteiger partial charge in [-0.1, -0.05) is 43.7 Å². The molecule has 3 heteroatoms. The third-order valence-corrected chi connectivity index (χ3v) is 2.42. The van der Waals surface area contributed by atoms with E-state index in [9.17, 15) is 4.79 Å². The average molecular weight is 256 g/mol. The van der Waals surface area contributed by atoms with Crippen LogP contribution < -0.4 is 5.32 Å². The van der Waals surface area contributed by atoms with E-state index in [0.29, 0.717) is 5.82 Å². The number of rotatable bonds is 2. The third kappa shape index (κ3) is 4.54. The first-order chi connectivity index (χ1) is 9.15. The number of nitrogens with zero attached hydrogens (tertiary/aromatic N) is 1. The highest BCUT2D eigenvalue weighted by Gasteiger charge is 2.00. The van der Waals surface area contributed by atoms with Crippen LogP contribution in [0.5, 0.6) is 0 Å². The van der Waals surface area contributed by atoms with E-state index in [1.165, 1.54) is 12.5 Å². The smallest absolute Gasteiger partial charge is 0.222 e. The number of hydrogen-bond acceptors (Lipinski definition) is 2. The van der Waals surface area contributed by atoms with Gasteiger partial charge in [0.1, 0.15) is 5.82 Å². The van der Waals surface area contributed by atoms with E-state index in [1.54, 1.807) is 12.3 Å². The number of aromatic nitrogens is 1. The molecule has 2 aromatic rings. The number of carbonyl (C=O) groups excluding carboxylic acids is 1. The maximum atomic E-state index is 10.9. The Labute approximate surface area is 114 Å². The Bertz CT molecular complexity index is 533. The first kappa shape index (κ1) is 14.9. The van der Waals surface area contributed by atoms with Crippen molar-refractivity contribution in [3.63, 3.8) is 0 Å². The Kier molecular flexibility index (Phi) is 5.73. The van der Waals surface area contributed by atoms with Crippen molar-refractivity contribution in [2.45, 2.75) is 27.7 Å². The maximum absolute atomic E-state index is 10.9. The third-order valence-electron chi connectivity index (χ3n) is 2.42. The Morgan fingerprint density at radius 1 is 1.11 bits per heavy atom. The molecule has 0 aliphatic heterocycles. The van der Waals surface area contributed by atoms with Crippen molar-refractivity contribution in [3.05, 3.63) is 48.2 Å². The fourth-order valence-electron chi connectivity index (χ4n) is 1.64. The van der Waals surface area contributed by atoms with Gasteiger partial charge in [0.05, 0.1) is 0 Å². The molecule has 1 heterocycles. The highest BCUT2D eigenvalue weighted by atomic mass is 16.1. The second-order valence-corrected chi connectivity index (χ2v) is 3.98. The van der Waals surface area contributed by atoms with Gasteiger partial charge >= 0.3 is 0 Å². The minimum Gasteiger partial charge on any atom is -0.311 e. The Balaban J connectivity index is 0.000000861. The van der Waals surface area contributed by atoms with Crippen molar-refractivity contribution in [1.29, 1.82) is 0 Å². The van der Waals surface area contributed by atoms with E-state index in [4.69, 9.17) is 0 Å². The molecule has 1 aromatic heterocycles. The zero-order valence-electron chi connectivity index (χ0n) is 11.9. The van der Waals surface area contributed by atoms with Crippen LogP contribution in [-0.2, 0) is 4.79 Å². The number of pyridine rings is 1. The lowest BCUT2D eigenvalue weighted by molar-refractivity contribution is -0.114. The minimum absolute atomic E-state index is 0.110. The summed E-state index contributed by atoms with van der Waals surface area (Å²) in [6.45, 7) is 7.53. The molecule has 0 aliphatic rings. The lowest BCUT2D eigenvalue weighted by atomic mass is 10.1. The zero-order valence-corrected chi connectivity index (χ0v) is 11.9. The van der Waals surface area contributed by atoms with Crippen LogP contribution in [0.3, 0.4) is 0 Å². The topological polar surface area (TPSA) is 42.0 Å². The summed E-state index contributed by atoms with van der Waals surface area (Å²) in [7, 11) is 0. The molecular weight excluding hydrogens is 236 g/mol. The van der Waals surface area contributed by atoms with Crippen molar-refractivity contribution >= 4 is 11.7 Å². The number of hydrogen-bond donors (Lipinski definition) is 1. The summed E-state index contributed by atoms with van der Waals surface area (Å²) >= 11 is 0. The van der Waals surface area contributed by atoms with Crippen LogP contribution in [-0.4, -0.2) is 10.9 Å². The molecule has 2 rings (SSSR count). The van der Waals surface area contributed by atoms with Crippen LogP contribution in [0.15, 0.2) is 42.6 Å². The summed E-state index contributed by atoms with van der Waals surface area (Å²) < 4.78 is 0. The van der Waals surface area contributed by atoms with Gasteiger partial charge in [0.15, 0.2) is 0 Å². The Morgan fingerprint density at radius 2 is 1.84 bits per heavy atom. The zero-order chi connectivity index (χ0) is 14.3. The summed E-state index contributed by atoms with van der Waals surface area (Å²) in [5.41, 5.74) is 3.39. The molecule has 0 bridgehead atoms. The fourth-order valence-corrected chi connectivity index (χ4v) is 1.64. The molecular formula is C16H20N2O. The van der Waals surface area contributed by atoms with Crippen LogP contribution in [0.4, 0.5) is 5.82 Å². The van der Waals surface area contributed by atoms with Gasteiger partial charge in [-0.05, 0) is 24.6 Å². The first-order valence-electron chi connectivity index (χ1n) is 6.46. The summed E-state index contributed by atoms with van der Waals surface area (Å²) in [5, 5.41) is 2.64. The monoisotopic (exact) mass is 256 g/mol. The molecule has 0 unspecified atom stereocenters. The molecule has 1 aromatic carbocycles. The minimum atomic E-state index is -0.110. The van der Waals surface area contributed by atoms with E-state index in [2.05, 4.69) is 29.4 Å². The number of aryl methyl sites for hydroxylation is 1. The molecule has 0 saturated heterocycles. The van der Waals surface area contributed by atoms with Gasteiger partial charge in [0, 0.05) is 18.7 Å². The van der Waals surface area contributed by atoms with Crippen LogP contribution in [0.2, 0.25) is 0 Å². The van der Waals surface area contributed by atoms with Crippen molar-refractivity contribution in [1.82, 2.24) is 4.98 Å². The quantitative estimate of drug-likeness (QED) is 0.881. The maximum Gasteiger partial charge on any atom is 0.222 e. The summed E-state index contributed by atoms with van der Waals surface area (Å²) in [6, 6.07) is 12.0. The Hall–Kier alpha value is -2.16.